The van der Waals surface area contributed by atoms with Gasteiger partial charge in [0, 0.05) is 44.1 Å². The van der Waals surface area contributed by atoms with E-state index in [4.69, 9.17) is 14.2 Å². The molecule has 2 aliphatic carbocycles. The molecule has 3 saturated heterocycles. The number of fused-ring (bicyclic) bond motifs is 2. The predicted molar refractivity (Wildman–Crippen MR) is 105 cm³/mol. The second kappa shape index (κ2) is 6.84. The molecule has 3 heterocycles. The van der Waals surface area contributed by atoms with Gasteiger partial charge in [0.25, 0.3) is 0 Å². The molecule has 1 amide bonds. The molecule has 0 bridgehead atoms. The topological polar surface area (TPSA) is 71.6 Å². The Hall–Kier alpha value is -1.34. The van der Waals surface area contributed by atoms with Crippen molar-refractivity contribution in [3.05, 3.63) is 0 Å². The maximum Gasteiger partial charge on any atom is 0.409 e. The van der Waals surface area contributed by atoms with E-state index in [2.05, 4.69) is 18.7 Å². The lowest BCUT2D eigenvalue weighted by Gasteiger charge is -2.49. The van der Waals surface area contributed by atoms with E-state index in [1.807, 2.05) is 6.92 Å². The Kier molecular flexibility index (Phi) is 4.63. The minimum absolute atomic E-state index is 0.00393. The lowest BCUT2D eigenvalue weighted by atomic mass is 9.53. The van der Waals surface area contributed by atoms with Crippen molar-refractivity contribution in [2.45, 2.75) is 64.3 Å². The molecule has 0 aromatic rings. The third-order valence-corrected chi connectivity index (χ3v) is 8.55. The summed E-state index contributed by atoms with van der Waals surface area (Å²) in [5.41, 5.74) is 0.0954. The summed E-state index contributed by atoms with van der Waals surface area (Å²) in [7, 11) is 0. The predicted octanol–water partition coefficient (Wildman–Crippen LogP) is 2.29. The van der Waals surface area contributed by atoms with Gasteiger partial charge in [-0.05, 0) is 32.1 Å². The van der Waals surface area contributed by atoms with Gasteiger partial charge in [0.05, 0.1) is 18.6 Å². The number of carbonyl (C=O) groups is 2. The zero-order valence-electron chi connectivity index (χ0n) is 17.9. The highest BCUT2D eigenvalue weighted by Gasteiger charge is 2.78. The molecule has 2 saturated carbocycles. The molecule has 0 N–H and O–H groups in total. The molecule has 7 nitrogen and oxygen atoms in total. The zero-order chi connectivity index (χ0) is 20.4. The Morgan fingerprint density at radius 3 is 2.76 bits per heavy atom. The second-order valence-corrected chi connectivity index (χ2v) is 10.0. The second-order valence-electron chi connectivity index (χ2n) is 10.0. The highest BCUT2D eigenvalue weighted by Crippen LogP contribution is 2.70. The third kappa shape index (κ3) is 2.83. The van der Waals surface area contributed by atoms with Crippen molar-refractivity contribution in [2.24, 2.45) is 23.2 Å². The Morgan fingerprint density at radius 1 is 1.28 bits per heavy atom. The fourth-order valence-corrected chi connectivity index (χ4v) is 7.05. The van der Waals surface area contributed by atoms with Gasteiger partial charge in [-0.1, -0.05) is 20.3 Å². The lowest BCUT2D eigenvalue weighted by molar-refractivity contribution is -0.146. The standard InChI is InChI=1S/C22H34N2O5/c1-4-27-20(26)24-10-8-23(9-11-24)13-15-17-16(28-19(15)25)12-21(3)7-5-6-14(2)22(21)18(17)29-22/h14-18H,4-13H2,1-3H3/t14-,15+,16+,17-,18+,21+,22+/m1/s1. The fourth-order valence-electron chi connectivity index (χ4n) is 7.05. The summed E-state index contributed by atoms with van der Waals surface area (Å²) in [5, 5.41) is 0. The summed E-state index contributed by atoms with van der Waals surface area (Å²) < 4.78 is 17.5. The number of epoxide rings is 1. The summed E-state index contributed by atoms with van der Waals surface area (Å²) in [6.07, 6.45) is 4.52. The SMILES string of the molecule is CCOC(=O)N1CCN(C[C@@H]2C(=O)O[C@H]3C[C@]4(C)CCC[C@@H](C)[C@@]45O[C@H]5[C@@H]32)CC1. The third-order valence-electron chi connectivity index (χ3n) is 8.55. The molecule has 5 fully saturated rings. The van der Waals surface area contributed by atoms with Gasteiger partial charge in [0.15, 0.2) is 0 Å². The number of rotatable bonds is 3. The number of amides is 1. The van der Waals surface area contributed by atoms with Crippen LogP contribution in [0.2, 0.25) is 0 Å². The van der Waals surface area contributed by atoms with Crippen LogP contribution >= 0.6 is 0 Å². The van der Waals surface area contributed by atoms with E-state index in [-0.39, 0.29) is 47.1 Å². The highest BCUT2D eigenvalue weighted by molar-refractivity contribution is 5.76. The van der Waals surface area contributed by atoms with Crippen molar-refractivity contribution in [3.63, 3.8) is 0 Å². The van der Waals surface area contributed by atoms with E-state index in [1.165, 1.54) is 19.3 Å². The number of ether oxygens (including phenoxy) is 3. The molecule has 0 unspecified atom stereocenters. The van der Waals surface area contributed by atoms with E-state index >= 15 is 0 Å². The van der Waals surface area contributed by atoms with Crippen molar-refractivity contribution in [1.82, 2.24) is 9.80 Å². The molecule has 0 radical (unpaired) electrons. The summed E-state index contributed by atoms with van der Waals surface area (Å²) in [5.74, 6) is 0.571. The van der Waals surface area contributed by atoms with Gasteiger partial charge < -0.3 is 19.1 Å². The molecule has 1 spiro atoms. The lowest BCUT2D eigenvalue weighted by Crippen LogP contribution is -2.55. The minimum atomic E-state index is -0.237. The first-order valence-electron chi connectivity index (χ1n) is 11.4. The van der Waals surface area contributed by atoms with Crippen molar-refractivity contribution in [3.8, 4) is 0 Å². The van der Waals surface area contributed by atoms with Crippen LogP contribution in [0, 0.1) is 23.2 Å². The van der Waals surface area contributed by atoms with E-state index in [1.54, 1.807) is 4.90 Å². The minimum Gasteiger partial charge on any atom is -0.462 e. The van der Waals surface area contributed by atoms with Crippen LogP contribution in [0.4, 0.5) is 4.79 Å². The quantitative estimate of drug-likeness (QED) is 0.529. The van der Waals surface area contributed by atoms with Gasteiger partial charge in [0.1, 0.15) is 11.7 Å². The monoisotopic (exact) mass is 406 g/mol. The first-order valence-corrected chi connectivity index (χ1v) is 11.4. The highest BCUT2D eigenvalue weighted by atomic mass is 16.6. The Labute approximate surface area is 173 Å². The molecule has 7 atom stereocenters. The Bertz CT molecular complexity index is 693. The van der Waals surface area contributed by atoms with Crippen LogP contribution in [0.15, 0.2) is 0 Å². The van der Waals surface area contributed by atoms with Crippen LogP contribution in [-0.4, -0.2) is 79.0 Å². The first kappa shape index (κ1) is 19.6. The van der Waals surface area contributed by atoms with Crippen LogP contribution in [0.1, 0.15) is 46.5 Å². The first-order chi connectivity index (χ1) is 13.9. The fraction of sp³-hybridized carbons (Fsp3) is 0.909. The smallest absolute Gasteiger partial charge is 0.409 e. The number of carbonyl (C=O) groups excluding carboxylic acids is 2. The molecule has 7 heteroatoms. The number of hydrogen-bond donors (Lipinski definition) is 0. The van der Waals surface area contributed by atoms with Gasteiger partial charge >= 0.3 is 12.1 Å². The van der Waals surface area contributed by atoms with E-state index in [0.717, 1.165) is 19.5 Å². The normalized spacial score (nSPS) is 46.4. The number of hydrogen-bond acceptors (Lipinski definition) is 6. The van der Waals surface area contributed by atoms with Crippen LogP contribution in [-0.2, 0) is 19.0 Å². The molecule has 0 aromatic heterocycles. The van der Waals surface area contributed by atoms with Crippen molar-refractivity contribution < 1.29 is 23.8 Å². The maximum absolute atomic E-state index is 12.8. The Morgan fingerprint density at radius 2 is 2.03 bits per heavy atom. The molecular formula is C22H34N2O5. The average Bonchev–Trinajstić information content (AvgIpc) is 3.37. The summed E-state index contributed by atoms with van der Waals surface area (Å²) in [6.45, 7) is 10.4. The molecular weight excluding hydrogens is 372 g/mol. The average molecular weight is 407 g/mol. The van der Waals surface area contributed by atoms with Crippen molar-refractivity contribution >= 4 is 12.1 Å². The van der Waals surface area contributed by atoms with Crippen molar-refractivity contribution in [2.75, 3.05) is 39.3 Å². The van der Waals surface area contributed by atoms with Gasteiger partial charge in [0.2, 0.25) is 0 Å². The molecule has 3 aliphatic heterocycles. The maximum atomic E-state index is 12.8. The van der Waals surface area contributed by atoms with Gasteiger partial charge in [-0.15, -0.1) is 0 Å². The summed E-state index contributed by atoms with van der Waals surface area (Å²) in [4.78, 5) is 28.8. The molecule has 5 rings (SSSR count). The van der Waals surface area contributed by atoms with Gasteiger partial charge in [-0.3, -0.25) is 9.69 Å². The molecule has 5 aliphatic rings. The summed E-state index contributed by atoms with van der Waals surface area (Å²) in [6, 6.07) is 0. The number of nitrogens with zero attached hydrogens (tertiary/aromatic N) is 2. The molecule has 162 valence electrons. The largest absolute Gasteiger partial charge is 0.462 e. The van der Waals surface area contributed by atoms with Crippen LogP contribution < -0.4 is 0 Å². The Balaban J connectivity index is 1.26. The van der Waals surface area contributed by atoms with E-state index < -0.39 is 0 Å². The summed E-state index contributed by atoms with van der Waals surface area (Å²) >= 11 is 0. The zero-order valence-corrected chi connectivity index (χ0v) is 17.9. The number of piperazine rings is 1. The van der Waals surface area contributed by atoms with Crippen LogP contribution in [0.3, 0.4) is 0 Å². The van der Waals surface area contributed by atoms with Gasteiger partial charge in [-0.25, -0.2) is 4.79 Å². The van der Waals surface area contributed by atoms with E-state index in [9.17, 15) is 9.59 Å². The van der Waals surface area contributed by atoms with E-state index in [0.29, 0.717) is 32.2 Å². The van der Waals surface area contributed by atoms with Crippen molar-refractivity contribution in [1.29, 1.82) is 0 Å². The van der Waals surface area contributed by atoms with Gasteiger partial charge in [-0.2, -0.15) is 0 Å². The number of esters is 1. The molecule has 29 heavy (non-hydrogen) atoms. The van der Waals surface area contributed by atoms with Crippen LogP contribution in [0.5, 0.6) is 0 Å². The van der Waals surface area contributed by atoms with Crippen LogP contribution in [0.25, 0.3) is 0 Å². The molecule has 0 aromatic carbocycles.